The van der Waals surface area contributed by atoms with Crippen LogP contribution in [0.15, 0.2) is 82.2 Å². The lowest BCUT2D eigenvalue weighted by Gasteiger charge is -2.41. The summed E-state index contributed by atoms with van der Waals surface area (Å²) in [5, 5.41) is 0.592. The first kappa shape index (κ1) is 29.9. The molecule has 2 saturated heterocycles. The summed E-state index contributed by atoms with van der Waals surface area (Å²) in [7, 11) is -4.54. The molecule has 218 valence electrons. The second kappa shape index (κ2) is 12.0. The molecule has 7 nitrogen and oxygen atoms in total. The number of piperidine rings is 1. The fourth-order valence-corrected chi connectivity index (χ4v) is 7.11. The molecule has 2 bridgehead atoms. The molecule has 2 fully saturated rings. The number of alkyl halides is 2. The predicted molar refractivity (Wildman–Crippen MR) is 155 cm³/mol. The van der Waals surface area contributed by atoms with Crippen LogP contribution in [0.2, 0.25) is 5.02 Å². The van der Waals surface area contributed by atoms with Crippen molar-refractivity contribution >= 4 is 43.5 Å². The molecule has 3 atom stereocenters. The molecule has 2 unspecified atom stereocenters. The Morgan fingerprint density at radius 3 is 2.20 bits per heavy atom. The Kier molecular flexibility index (Phi) is 8.73. The van der Waals surface area contributed by atoms with Crippen molar-refractivity contribution < 1.29 is 26.7 Å². The van der Waals surface area contributed by atoms with Crippen molar-refractivity contribution in [1.29, 1.82) is 0 Å². The smallest absolute Gasteiger partial charge is 0.298 e. The van der Waals surface area contributed by atoms with Crippen molar-refractivity contribution in [3.63, 3.8) is 0 Å². The molecular weight excluding hydrogens is 640 g/mol. The molecule has 2 aliphatic rings. The molecule has 3 aromatic carbocycles. The highest BCUT2D eigenvalue weighted by molar-refractivity contribution is 9.10. The van der Waals surface area contributed by atoms with Gasteiger partial charge in [-0.1, -0.05) is 51.8 Å². The van der Waals surface area contributed by atoms with Crippen LogP contribution in [-0.4, -0.2) is 43.4 Å². The lowest BCUT2D eigenvalue weighted by Crippen LogP contribution is -2.60. The third-order valence-electron chi connectivity index (χ3n) is 7.59. The molecule has 0 aromatic heterocycles. The number of benzene rings is 3. The molecule has 2 aliphatic heterocycles. The fraction of sp³-hybridized carbons (Fsp3) is 0.345. The van der Waals surface area contributed by atoms with E-state index in [1.165, 1.54) is 53.4 Å². The van der Waals surface area contributed by atoms with Crippen LogP contribution in [0, 0.1) is 0 Å². The molecule has 41 heavy (non-hydrogen) atoms. The summed E-state index contributed by atoms with van der Waals surface area (Å²) >= 11 is 9.12. The van der Waals surface area contributed by atoms with Gasteiger partial charge in [-0.3, -0.25) is 4.79 Å². The number of halogens is 4. The van der Waals surface area contributed by atoms with E-state index < -0.39 is 33.5 Å². The van der Waals surface area contributed by atoms with Gasteiger partial charge < -0.3 is 15.4 Å². The van der Waals surface area contributed by atoms with Gasteiger partial charge in [-0.2, -0.15) is 13.5 Å². The molecule has 2 heterocycles. The number of sulfonamides is 1. The van der Waals surface area contributed by atoms with E-state index in [1.807, 2.05) is 0 Å². The second-order valence-electron chi connectivity index (χ2n) is 10.4. The van der Waals surface area contributed by atoms with Gasteiger partial charge in [0, 0.05) is 33.2 Å². The lowest BCUT2D eigenvalue weighted by molar-refractivity contribution is -0.149. The van der Waals surface area contributed by atoms with E-state index in [0.717, 1.165) is 5.56 Å². The summed E-state index contributed by atoms with van der Waals surface area (Å²) < 4.78 is 67.3. The summed E-state index contributed by atoms with van der Waals surface area (Å²) in [5.41, 5.74) is 6.50. The molecule has 3 N–H and O–H groups in total. The number of amides is 1. The van der Waals surface area contributed by atoms with Crippen LogP contribution in [-0.2, 0) is 27.3 Å². The van der Waals surface area contributed by atoms with Crippen molar-refractivity contribution in [2.24, 2.45) is 5.73 Å². The van der Waals surface area contributed by atoms with Crippen molar-refractivity contribution in [2.75, 3.05) is 0 Å². The fourth-order valence-electron chi connectivity index (χ4n) is 5.53. The Balaban J connectivity index is 1.39. The molecule has 1 amide bonds. The number of carbonyl (C=O) groups is 1. The van der Waals surface area contributed by atoms with Crippen LogP contribution < -0.4 is 15.2 Å². The molecule has 12 heteroatoms. The van der Waals surface area contributed by atoms with Gasteiger partial charge in [0.15, 0.2) is 6.04 Å². The summed E-state index contributed by atoms with van der Waals surface area (Å²) in [5.74, 6) is -4.41. The Bertz CT molecular complexity index is 1480. The number of hydrogen-bond donors (Lipinski definition) is 2. The van der Waals surface area contributed by atoms with Gasteiger partial charge >= 0.3 is 0 Å². The standard InChI is InChI=1S/C29H29BrClF2N3O4S/c30-20-5-3-19(4-6-20)29(32,33)27(28(37)36-23-9-10-24(36)16-22(34)15-23)35-41(38,39)26-13-11-25(12-14-26)40-17-18-1-7-21(31)8-2-18/h1-8,11-14,22-24,27,35H,9-10,15-17,34H2/t22?,23?,24?,27-/m1/s1. The van der Waals surface area contributed by atoms with Gasteiger partial charge in [-0.15, -0.1) is 0 Å². The van der Waals surface area contributed by atoms with Gasteiger partial charge in [0.25, 0.3) is 5.92 Å². The average Bonchev–Trinajstić information content (AvgIpc) is 3.22. The maximum absolute atomic E-state index is 16.1. The maximum Gasteiger partial charge on any atom is 0.298 e. The molecule has 3 aromatic rings. The molecule has 0 saturated carbocycles. The number of carbonyl (C=O) groups excluding carboxylic acids is 1. The highest BCUT2D eigenvalue weighted by Gasteiger charge is 2.53. The highest BCUT2D eigenvalue weighted by atomic mass is 79.9. The third-order valence-corrected chi connectivity index (χ3v) is 9.81. The summed E-state index contributed by atoms with van der Waals surface area (Å²) in [6, 6.07) is 14.5. The number of nitrogens with one attached hydrogen (secondary N) is 1. The first-order valence-electron chi connectivity index (χ1n) is 13.2. The van der Waals surface area contributed by atoms with Crippen LogP contribution in [0.1, 0.15) is 36.8 Å². The predicted octanol–water partition coefficient (Wildman–Crippen LogP) is 5.60. The Labute approximate surface area is 251 Å². The molecule has 0 radical (unpaired) electrons. The van der Waals surface area contributed by atoms with Crippen molar-refractivity contribution in [3.8, 4) is 5.75 Å². The number of rotatable bonds is 9. The third kappa shape index (κ3) is 6.59. The number of nitrogens with two attached hydrogens (primary N) is 1. The molecule has 0 spiro atoms. The number of fused-ring (bicyclic) bond motifs is 2. The topological polar surface area (TPSA) is 102 Å². The van der Waals surface area contributed by atoms with E-state index in [0.29, 0.717) is 40.9 Å². The zero-order chi connectivity index (χ0) is 29.4. The SMILES string of the molecule is NC1CC2CCC(C1)N2C(=O)[C@@H](NS(=O)(=O)c1ccc(OCc2ccc(Cl)cc2)cc1)C(F)(F)c1ccc(Br)cc1. The van der Waals surface area contributed by atoms with Gasteiger partial charge in [0.1, 0.15) is 12.4 Å². The van der Waals surface area contributed by atoms with E-state index in [4.69, 9.17) is 22.1 Å². The summed E-state index contributed by atoms with van der Waals surface area (Å²) in [4.78, 5) is 15.0. The van der Waals surface area contributed by atoms with Crippen molar-refractivity contribution in [2.45, 2.75) is 67.3 Å². The first-order chi connectivity index (χ1) is 19.4. The van der Waals surface area contributed by atoms with E-state index in [1.54, 1.807) is 24.3 Å². The largest absolute Gasteiger partial charge is 0.489 e. The number of ether oxygens (including phenoxy) is 1. The van der Waals surface area contributed by atoms with E-state index in [9.17, 15) is 13.2 Å². The maximum atomic E-state index is 16.1. The van der Waals surface area contributed by atoms with E-state index >= 15 is 8.78 Å². The van der Waals surface area contributed by atoms with Gasteiger partial charge in [0.2, 0.25) is 15.9 Å². The summed E-state index contributed by atoms with van der Waals surface area (Å²) in [6.45, 7) is 0.222. The monoisotopic (exact) mass is 667 g/mol. The minimum absolute atomic E-state index is 0.126. The minimum Gasteiger partial charge on any atom is -0.489 e. The average molecular weight is 669 g/mol. The first-order valence-corrected chi connectivity index (χ1v) is 15.8. The van der Waals surface area contributed by atoms with E-state index in [2.05, 4.69) is 20.7 Å². The van der Waals surface area contributed by atoms with Crippen molar-refractivity contribution in [1.82, 2.24) is 9.62 Å². The Morgan fingerprint density at radius 2 is 1.61 bits per heavy atom. The quantitative estimate of drug-likeness (QED) is 0.309. The molecule has 0 aliphatic carbocycles. The number of nitrogens with zero attached hydrogens (tertiary/aromatic N) is 1. The zero-order valence-electron chi connectivity index (χ0n) is 21.9. The van der Waals surface area contributed by atoms with E-state index in [-0.39, 0.29) is 29.6 Å². The Hall–Kier alpha value is -2.57. The second-order valence-corrected chi connectivity index (χ2v) is 13.5. The molecule has 5 rings (SSSR count). The van der Waals surface area contributed by atoms with Crippen LogP contribution >= 0.6 is 27.5 Å². The normalized spacial score (nSPS) is 21.5. The lowest BCUT2D eigenvalue weighted by atomic mass is 9.95. The van der Waals surface area contributed by atoms with Crippen molar-refractivity contribution in [3.05, 3.63) is 93.4 Å². The van der Waals surface area contributed by atoms with Crippen LogP contribution in [0.25, 0.3) is 0 Å². The van der Waals surface area contributed by atoms with Crippen LogP contribution in [0.5, 0.6) is 5.75 Å². The van der Waals surface area contributed by atoms with Gasteiger partial charge in [-0.25, -0.2) is 8.42 Å². The van der Waals surface area contributed by atoms with Crippen LogP contribution in [0.3, 0.4) is 0 Å². The number of hydrogen-bond acceptors (Lipinski definition) is 5. The minimum atomic E-state index is -4.54. The Morgan fingerprint density at radius 1 is 1.02 bits per heavy atom. The summed E-state index contributed by atoms with van der Waals surface area (Å²) in [6.07, 6.45) is 2.27. The van der Waals surface area contributed by atoms with Crippen LogP contribution in [0.4, 0.5) is 8.78 Å². The highest BCUT2D eigenvalue weighted by Crippen LogP contribution is 2.40. The zero-order valence-corrected chi connectivity index (χ0v) is 25.0. The van der Waals surface area contributed by atoms with Gasteiger partial charge in [0.05, 0.1) is 4.90 Å². The van der Waals surface area contributed by atoms with Gasteiger partial charge in [-0.05, 0) is 79.8 Å². The molecular formula is C29H29BrClF2N3O4S.